The van der Waals surface area contributed by atoms with Crippen LogP contribution in [0.1, 0.15) is 26.3 Å². The summed E-state index contributed by atoms with van der Waals surface area (Å²) in [7, 11) is 3.05. The van der Waals surface area contributed by atoms with Crippen LogP contribution in [-0.4, -0.2) is 26.0 Å². The minimum Gasteiger partial charge on any atom is -0.497 e. The number of allylic oxidation sites excluding steroid dienone is 1. The molecular weight excluding hydrogens is 404 g/mol. The molecule has 0 saturated carbocycles. The van der Waals surface area contributed by atoms with E-state index in [9.17, 15) is 9.59 Å². The number of esters is 1. The quantitative estimate of drug-likeness (QED) is 0.218. The van der Waals surface area contributed by atoms with Crippen molar-refractivity contribution in [2.24, 2.45) is 0 Å². The lowest BCUT2D eigenvalue weighted by molar-refractivity contribution is 0.0729. The fourth-order valence-electron chi connectivity index (χ4n) is 2.64. The Morgan fingerprint density at radius 3 is 2.10 bits per heavy atom. The van der Waals surface area contributed by atoms with E-state index in [4.69, 9.17) is 25.8 Å². The van der Waals surface area contributed by atoms with Crippen LogP contribution in [-0.2, 0) is 0 Å². The van der Waals surface area contributed by atoms with Gasteiger partial charge in [-0.3, -0.25) is 4.79 Å². The average Bonchev–Trinajstić information content (AvgIpc) is 2.78. The smallest absolute Gasteiger partial charge is 0.343 e. The molecule has 0 unspecified atom stereocenters. The van der Waals surface area contributed by atoms with Crippen molar-refractivity contribution < 1.29 is 23.8 Å². The van der Waals surface area contributed by atoms with Crippen molar-refractivity contribution in [2.75, 3.05) is 14.2 Å². The van der Waals surface area contributed by atoms with E-state index in [0.717, 1.165) is 5.56 Å². The van der Waals surface area contributed by atoms with Crippen molar-refractivity contribution in [3.05, 3.63) is 94.5 Å². The Morgan fingerprint density at radius 2 is 1.47 bits per heavy atom. The molecule has 6 heteroatoms. The van der Waals surface area contributed by atoms with Gasteiger partial charge in [0.2, 0.25) is 0 Å². The normalized spacial score (nSPS) is 10.6. The molecule has 0 spiro atoms. The van der Waals surface area contributed by atoms with Gasteiger partial charge in [0.05, 0.1) is 19.8 Å². The van der Waals surface area contributed by atoms with Gasteiger partial charge in [0.1, 0.15) is 5.75 Å². The van der Waals surface area contributed by atoms with Crippen molar-refractivity contribution in [1.82, 2.24) is 0 Å². The van der Waals surface area contributed by atoms with Crippen LogP contribution in [0.4, 0.5) is 0 Å². The summed E-state index contributed by atoms with van der Waals surface area (Å²) in [6, 6.07) is 18.3. The molecule has 0 heterocycles. The highest BCUT2D eigenvalue weighted by Crippen LogP contribution is 2.29. The van der Waals surface area contributed by atoms with Crippen LogP contribution in [0, 0.1) is 0 Å². The van der Waals surface area contributed by atoms with Gasteiger partial charge in [0, 0.05) is 10.6 Å². The summed E-state index contributed by atoms with van der Waals surface area (Å²) in [4.78, 5) is 24.6. The number of hydrogen-bond acceptors (Lipinski definition) is 5. The molecule has 30 heavy (non-hydrogen) atoms. The number of benzene rings is 3. The number of carbonyl (C=O) groups is 2. The summed E-state index contributed by atoms with van der Waals surface area (Å²) in [5, 5.41) is 0.532. The number of rotatable bonds is 7. The van der Waals surface area contributed by atoms with Crippen LogP contribution in [0.2, 0.25) is 5.02 Å². The van der Waals surface area contributed by atoms with Crippen LogP contribution in [0.25, 0.3) is 6.08 Å². The lowest BCUT2D eigenvalue weighted by Gasteiger charge is -2.10. The largest absolute Gasteiger partial charge is 0.497 e. The Morgan fingerprint density at radius 1 is 0.800 bits per heavy atom. The molecule has 3 rings (SSSR count). The van der Waals surface area contributed by atoms with E-state index in [1.165, 1.54) is 13.2 Å². The van der Waals surface area contributed by atoms with Crippen LogP contribution in [0.3, 0.4) is 0 Å². The highest BCUT2D eigenvalue weighted by atomic mass is 35.5. The second-order valence-electron chi connectivity index (χ2n) is 6.23. The van der Waals surface area contributed by atoms with Gasteiger partial charge >= 0.3 is 5.97 Å². The number of ether oxygens (including phenoxy) is 3. The van der Waals surface area contributed by atoms with Gasteiger partial charge in [0.15, 0.2) is 17.3 Å². The van der Waals surface area contributed by atoms with Gasteiger partial charge < -0.3 is 14.2 Å². The molecule has 0 fully saturated rings. The van der Waals surface area contributed by atoms with Gasteiger partial charge in [-0.25, -0.2) is 4.79 Å². The van der Waals surface area contributed by atoms with Gasteiger partial charge in [-0.2, -0.15) is 0 Å². The van der Waals surface area contributed by atoms with Gasteiger partial charge in [-0.1, -0.05) is 23.7 Å². The lowest BCUT2D eigenvalue weighted by Crippen LogP contribution is -2.09. The Hall–Kier alpha value is -3.57. The minimum absolute atomic E-state index is 0.144. The topological polar surface area (TPSA) is 61.8 Å². The molecule has 5 nitrogen and oxygen atoms in total. The van der Waals surface area contributed by atoms with E-state index in [2.05, 4.69) is 0 Å². The molecule has 0 aromatic heterocycles. The molecule has 0 aliphatic rings. The molecule has 0 radical (unpaired) electrons. The standard InChI is InChI=1S/C24H19ClO5/c1-28-20-11-7-17(8-12-20)21(26)13-3-16-4-14-22(23(15-16)29-2)30-24(27)18-5-9-19(25)10-6-18/h3-15H,1-2H3/b13-3+. The summed E-state index contributed by atoms with van der Waals surface area (Å²) < 4.78 is 15.8. The molecule has 0 bridgehead atoms. The van der Waals surface area contributed by atoms with E-state index in [-0.39, 0.29) is 11.5 Å². The fraction of sp³-hybridized carbons (Fsp3) is 0.0833. The summed E-state index contributed by atoms with van der Waals surface area (Å²) in [6.45, 7) is 0. The van der Waals surface area contributed by atoms with Gasteiger partial charge in [-0.15, -0.1) is 0 Å². The molecule has 0 aliphatic carbocycles. The zero-order valence-electron chi connectivity index (χ0n) is 16.4. The molecule has 0 atom stereocenters. The lowest BCUT2D eigenvalue weighted by atomic mass is 10.1. The Labute approximate surface area is 179 Å². The van der Waals surface area contributed by atoms with Crippen LogP contribution in [0.5, 0.6) is 17.2 Å². The zero-order valence-corrected chi connectivity index (χ0v) is 17.2. The Bertz CT molecular complexity index is 1070. The Balaban J connectivity index is 1.72. The average molecular weight is 423 g/mol. The monoisotopic (exact) mass is 422 g/mol. The summed E-state index contributed by atoms with van der Waals surface area (Å²) in [6.07, 6.45) is 3.13. The van der Waals surface area contributed by atoms with Crippen molar-refractivity contribution in [3.8, 4) is 17.2 Å². The van der Waals surface area contributed by atoms with E-state index in [1.54, 1.807) is 79.9 Å². The minimum atomic E-state index is -0.525. The van der Waals surface area contributed by atoms with Gasteiger partial charge in [0.25, 0.3) is 0 Å². The van der Waals surface area contributed by atoms with E-state index < -0.39 is 5.97 Å². The number of hydrogen-bond donors (Lipinski definition) is 0. The highest BCUT2D eigenvalue weighted by molar-refractivity contribution is 6.30. The van der Waals surface area contributed by atoms with E-state index in [1.807, 2.05) is 0 Å². The molecular formula is C24H19ClO5. The first-order valence-corrected chi connectivity index (χ1v) is 9.40. The highest BCUT2D eigenvalue weighted by Gasteiger charge is 2.13. The van der Waals surface area contributed by atoms with Crippen LogP contribution in [0.15, 0.2) is 72.8 Å². The number of methoxy groups -OCH3 is 2. The molecule has 3 aromatic carbocycles. The molecule has 0 saturated heterocycles. The van der Waals surface area contributed by atoms with Crippen LogP contribution < -0.4 is 14.2 Å². The molecule has 152 valence electrons. The SMILES string of the molecule is COc1ccc(C(=O)/C=C/c2ccc(OC(=O)c3ccc(Cl)cc3)c(OC)c2)cc1. The van der Waals surface area contributed by atoms with Gasteiger partial charge in [-0.05, 0) is 72.3 Å². The molecule has 0 amide bonds. The van der Waals surface area contributed by atoms with Crippen molar-refractivity contribution in [1.29, 1.82) is 0 Å². The maximum absolute atomic E-state index is 12.3. The van der Waals surface area contributed by atoms with Crippen molar-refractivity contribution >= 4 is 29.4 Å². The third-order valence-electron chi connectivity index (χ3n) is 4.27. The fourth-order valence-corrected chi connectivity index (χ4v) is 2.77. The summed E-state index contributed by atoms with van der Waals surface area (Å²) in [5.41, 5.74) is 1.64. The third kappa shape index (κ3) is 5.27. The summed E-state index contributed by atoms with van der Waals surface area (Å²) in [5.74, 6) is 0.661. The van der Waals surface area contributed by atoms with E-state index >= 15 is 0 Å². The first kappa shape index (κ1) is 21.1. The maximum atomic E-state index is 12.3. The predicted molar refractivity (Wildman–Crippen MR) is 116 cm³/mol. The molecule has 3 aromatic rings. The number of halogens is 1. The van der Waals surface area contributed by atoms with Crippen LogP contribution >= 0.6 is 11.6 Å². The summed E-state index contributed by atoms with van der Waals surface area (Å²) >= 11 is 5.84. The van der Waals surface area contributed by atoms with Crippen molar-refractivity contribution in [3.63, 3.8) is 0 Å². The molecule has 0 N–H and O–H groups in total. The zero-order chi connectivity index (χ0) is 21.5. The number of ketones is 1. The second kappa shape index (κ2) is 9.76. The maximum Gasteiger partial charge on any atom is 0.343 e. The van der Waals surface area contributed by atoms with E-state index in [0.29, 0.717) is 27.6 Å². The first-order valence-electron chi connectivity index (χ1n) is 9.02. The third-order valence-corrected chi connectivity index (χ3v) is 4.52. The second-order valence-corrected chi connectivity index (χ2v) is 6.67. The van der Waals surface area contributed by atoms with Crippen molar-refractivity contribution in [2.45, 2.75) is 0 Å². The predicted octanol–water partition coefficient (Wildman–Crippen LogP) is 5.47. The first-order chi connectivity index (χ1) is 14.5. The Kier molecular flexibility index (Phi) is 6.88. The molecule has 0 aliphatic heterocycles. The number of carbonyl (C=O) groups excluding carboxylic acids is 2.